The van der Waals surface area contributed by atoms with E-state index in [1.54, 1.807) is 22.9 Å². The number of para-hydroxylation sites is 1. The van der Waals surface area contributed by atoms with E-state index in [4.69, 9.17) is 14.2 Å². The molecule has 2 amide bonds. The molecule has 1 aromatic heterocycles. The number of amides is 2. The average molecular weight is 556 g/mol. The summed E-state index contributed by atoms with van der Waals surface area (Å²) < 4.78 is 18.4. The van der Waals surface area contributed by atoms with Gasteiger partial charge in [-0.2, -0.15) is 0 Å². The van der Waals surface area contributed by atoms with Crippen LogP contribution in [0.2, 0.25) is 0 Å². The molecule has 212 valence electrons. The van der Waals surface area contributed by atoms with Crippen LogP contribution in [0.4, 0.5) is 5.69 Å². The van der Waals surface area contributed by atoms with Crippen molar-refractivity contribution >= 4 is 28.5 Å². The Hall–Kier alpha value is -4.60. The van der Waals surface area contributed by atoms with Crippen LogP contribution in [0.1, 0.15) is 50.6 Å². The van der Waals surface area contributed by atoms with Crippen molar-refractivity contribution in [2.45, 2.75) is 57.7 Å². The van der Waals surface area contributed by atoms with Gasteiger partial charge in [-0.3, -0.25) is 14.5 Å². The van der Waals surface area contributed by atoms with Gasteiger partial charge in [-0.1, -0.05) is 48.7 Å². The minimum atomic E-state index is -0.949. The molecule has 1 aliphatic carbocycles. The topological polar surface area (TPSA) is 108 Å². The molecule has 0 spiro atoms. The number of carbonyl (C=O) groups excluding carboxylic acids is 2. The van der Waals surface area contributed by atoms with E-state index in [9.17, 15) is 9.59 Å². The first-order valence-electron chi connectivity index (χ1n) is 14.1. The van der Waals surface area contributed by atoms with Crippen molar-refractivity contribution in [2.75, 3.05) is 18.3 Å². The van der Waals surface area contributed by atoms with Crippen molar-refractivity contribution in [2.24, 2.45) is 0 Å². The Morgan fingerprint density at radius 2 is 1.80 bits per heavy atom. The normalized spacial score (nSPS) is 15.4. The van der Waals surface area contributed by atoms with Crippen LogP contribution in [0, 0.1) is 0 Å². The van der Waals surface area contributed by atoms with E-state index in [-0.39, 0.29) is 31.2 Å². The highest BCUT2D eigenvalue weighted by Gasteiger charge is 2.35. The molecule has 41 heavy (non-hydrogen) atoms. The van der Waals surface area contributed by atoms with E-state index in [2.05, 4.69) is 15.6 Å². The number of hydrogen-bond donors (Lipinski definition) is 1. The molecule has 2 aliphatic rings. The molecule has 2 heterocycles. The van der Waals surface area contributed by atoms with E-state index in [0.29, 0.717) is 40.6 Å². The minimum absolute atomic E-state index is 0.0643. The minimum Gasteiger partial charge on any atom is -0.494 e. The maximum Gasteiger partial charge on any atom is 0.249 e. The van der Waals surface area contributed by atoms with E-state index >= 15 is 0 Å². The maximum absolute atomic E-state index is 14.3. The number of benzene rings is 3. The number of nitrogens with one attached hydrogen (secondary N) is 1. The fourth-order valence-corrected chi connectivity index (χ4v) is 5.57. The monoisotopic (exact) mass is 555 g/mol. The van der Waals surface area contributed by atoms with Gasteiger partial charge in [0.1, 0.15) is 23.9 Å². The van der Waals surface area contributed by atoms with Crippen LogP contribution in [0.3, 0.4) is 0 Å². The Morgan fingerprint density at radius 1 is 1.02 bits per heavy atom. The number of carbonyl (C=O) groups is 2. The lowest BCUT2D eigenvalue weighted by molar-refractivity contribution is -0.127. The average Bonchev–Trinajstić information content (AvgIpc) is 3.64. The summed E-state index contributed by atoms with van der Waals surface area (Å²) in [6.07, 6.45) is 5.16. The second kappa shape index (κ2) is 11.9. The van der Waals surface area contributed by atoms with E-state index in [1.807, 2.05) is 55.5 Å². The zero-order valence-electron chi connectivity index (χ0n) is 23.0. The second-order valence-corrected chi connectivity index (χ2v) is 10.3. The Morgan fingerprint density at radius 3 is 2.61 bits per heavy atom. The van der Waals surface area contributed by atoms with E-state index in [1.165, 1.54) is 11.3 Å². The number of aromatic nitrogens is 3. The fraction of sp³-hybridized carbons (Fsp3) is 0.355. The summed E-state index contributed by atoms with van der Waals surface area (Å²) in [4.78, 5) is 30.0. The molecule has 10 nitrogen and oxygen atoms in total. The first-order valence-corrected chi connectivity index (χ1v) is 14.1. The Kier molecular flexibility index (Phi) is 7.71. The number of rotatable bonds is 9. The number of nitrogens with zero attached hydrogens (tertiary/aromatic N) is 4. The highest BCUT2D eigenvalue weighted by Crippen LogP contribution is 2.38. The molecule has 1 atom stereocenters. The lowest BCUT2D eigenvalue weighted by atomic mass is 9.94. The number of anilines is 1. The first kappa shape index (κ1) is 26.6. The third-order valence-electron chi connectivity index (χ3n) is 7.57. The van der Waals surface area contributed by atoms with Crippen molar-refractivity contribution in [3.05, 3.63) is 72.3 Å². The lowest BCUT2D eigenvalue weighted by Crippen LogP contribution is -2.48. The van der Waals surface area contributed by atoms with Crippen molar-refractivity contribution in [3.63, 3.8) is 0 Å². The number of fused-ring (bicyclic) bond motifs is 2. The van der Waals surface area contributed by atoms with Gasteiger partial charge >= 0.3 is 0 Å². The van der Waals surface area contributed by atoms with Crippen LogP contribution in [0.15, 0.2) is 66.7 Å². The summed E-state index contributed by atoms with van der Waals surface area (Å²) >= 11 is 0. The number of ether oxygens (including phenoxy) is 3. The summed E-state index contributed by atoms with van der Waals surface area (Å²) in [5.41, 5.74) is 2.60. The molecule has 0 radical (unpaired) electrons. The van der Waals surface area contributed by atoms with Gasteiger partial charge < -0.3 is 19.5 Å². The maximum atomic E-state index is 14.3. The molecule has 3 aromatic carbocycles. The highest BCUT2D eigenvalue weighted by molar-refractivity contribution is 6.02. The predicted octanol–water partition coefficient (Wildman–Crippen LogP) is 4.78. The Labute approximate surface area is 238 Å². The van der Waals surface area contributed by atoms with E-state index < -0.39 is 6.04 Å². The lowest BCUT2D eigenvalue weighted by Gasteiger charge is -2.33. The molecule has 4 aromatic rings. The molecule has 0 unspecified atom stereocenters. The van der Waals surface area contributed by atoms with Crippen LogP contribution in [-0.4, -0.2) is 46.2 Å². The third-order valence-corrected chi connectivity index (χ3v) is 7.57. The van der Waals surface area contributed by atoms with Crippen molar-refractivity contribution in [3.8, 4) is 17.2 Å². The van der Waals surface area contributed by atoms with Gasteiger partial charge in [0.05, 0.1) is 12.1 Å². The molecule has 0 bridgehead atoms. The number of hydrogen-bond acceptors (Lipinski definition) is 7. The molecule has 1 aliphatic heterocycles. The van der Waals surface area contributed by atoms with Gasteiger partial charge in [-0.15, -0.1) is 5.10 Å². The van der Waals surface area contributed by atoms with Crippen molar-refractivity contribution < 1.29 is 23.8 Å². The summed E-state index contributed by atoms with van der Waals surface area (Å²) in [5, 5.41) is 11.7. The van der Waals surface area contributed by atoms with Gasteiger partial charge in [-0.25, -0.2) is 4.68 Å². The molecular formula is C31H33N5O5. The van der Waals surface area contributed by atoms with Crippen LogP contribution in [-0.2, 0) is 16.1 Å². The zero-order chi connectivity index (χ0) is 28.2. The predicted molar refractivity (Wildman–Crippen MR) is 153 cm³/mol. The molecule has 1 saturated carbocycles. The fourth-order valence-electron chi connectivity index (χ4n) is 5.57. The molecular weight excluding hydrogens is 522 g/mol. The van der Waals surface area contributed by atoms with Gasteiger partial charge in [0.25, 0.3) is 0 Å². The van der Waals surface area contributed by atoms with E-state index in [0.717, 1.165) is 31.2 Å². The van der Waals surface area contributed by atoms with Crippen LogP contribution < -0.4 is 24.4 Å². The third kappa shape index (κ3) is 5.68. The summed E-state index contributed by atoms with van der Waals surface area (Å²) in [6.45, 7) is 2.43. The Balaban J connectivity index is 1.41. The largest absolute Gasteiger partial charge is 0.494 e. The van der Waals surface area contributed by atoms with Gasteiger partial charge in [-0.05, 0) is 61.7 Å². The molecule has 6 rings (SSSR count). The quantitative estimate of drug-likeness (QED) is 0.317. The van der Waals surface area contributed by atoms with Crippen LogP contribution >= 0.6 is 0 Å². The smallest absolute Gasteiger partial charge is 0.249 e. The Bertz CT molecular complexity index is 1530. The standard InChI is InChI=1S/C31H33N5O5/c1-2-39-24-15-12-21(13-16-24)30(31(38)32-22-8-4-3-5-9-22)36(23-14-17-27-28(18-23)41-20-40-27)29(37)19-35-26-11-7-6-10-25(26)33-34-35/h6-7,10-18,22,30H,2-5,8-9,19-20H2,1H3,(H,32,38)/t30-/m0/s1. The molecule has 0 saturated heterocycles. The summed E-state index contributed by atoms with van der Waals surface area (Å²) in [7, 11) is 0. The highest BCUT2D eigenvalue weighted by atomic mass is 16.7. The zero-order valence-corrected chi connectivity index (χ0v) is 23.0. The van der Waals surface area contributed by atoms with Crippen molar-refractivity contribution in [1.29, 1.82) is 0 Å². The summed E-state index contributed by atoms with van der Waals surface area (Å²) in [6, 6.07) is 19.2. The molecule has 1 N–H and O–H groups in total. The van der Waals surface area contributed by atoms with Crippen molar-refractivity contribution in [1.82, 2.24) is 20.3 Å². The first-order chi connectivity index (χ1) is 20.1. The second-order valence-electron chi connectivity index (χ2n) is 10.3. The van der Waals surface area contributed by atoms with Gasteiger partial charge in [0.2, 0.25) is 18.6 Å². The van der Waals surface area contributed by atoms with Gasteiger partial charge in [0.15, 0.2) is 11.5 Å². The molecule has 10 heteroatoms. The summed E-state index contributed by atoms with van der Waals surface area (Å²) in [5.74, 6) is 1.24. The van der Waals surface area contributed by atoms with Crippen LogP contribution in [0.25, 0.3) is 11.0 Å². The molecule has 1 fully saturated rings. The van der Waals surface area contributed by atoms with Gasteiger partial charge in [0, 0.05) is 17.8 Å². The SMILES string of the molecule is CCOc1ccc([C@@H](C(=O)NC2CCCCC2)N(C(=O)Cn2nnc3ccccc32)c2ccc3c(c2)OCO3)cc1. The van der Waals surface area contributed by atoms with Crippen LogP contribution in [0.5, 0.6) is 17.2 Å².